The lowest BCUT2D eigenvalue weighted by atomic mass is 10.1. The van der Waals surface area contributed by atoms with Crippen molar-refractivity contribution in [1.82, 2.24) is 0 Å². The zero-order chi connectivity index (χ0) is 40.8. The summed E-state index contributed by atoms with van der Waals surface area (Å²) < 4.78 is 16.6. The summed E-state index contributed by atoms with van der Waals surface area (Å²) in [6.07, 6.45) is 52.5. The van der Waals surface area contributed by atoms with E-state index in [1.165, 1.54) is 116 Å². The molecule has 0 aromatic heterocycles. The van der Waals surface area contributed by atoms with Crippen LogP contribution in [0.4, 0.5) is 0 Å². The number of esters is 3. The normalized spacial score (nSPS) is 12.4. The van der Waals surface area contributed by atoms with Gasteiger partial charge in [0.2, 0.25) is 0 Å². The van der Waals surface area contributed by atoms with Crippen LogP contribution in [-0.2, 0) is 28.6 Å². The summed E-state index contributed by atoms with van der Waals surface area (Å²) in [7, 11) is 0. The van der Waals surface area contributed by atoms with Gasteiger partial charge in [0.05, 0.1) is 0 Å². The quantitative estimate of drug-likeness (QED) is 0.0202. The van der Waals surface area contributed by atoms with Crippen molar-refractivity contribution in [3.8, 4) is 0 Å². The van der Waals surface area contributed by atoms with Gasteiger partial charge in [-0.2, -0.15) is 0 Å². The smallest absolute Gasteiger partial charge is 0.306 e. The van der Waals surface area contributed by atoms with Gasteiger partial charge in [-0.05, 0) is 83.5 Å². The minimum absolute atomic E-state index is 0.0967. The zero-order valence-corrected chi connectivity index (χ0v) is 36.9. The van der Waals surface area contributed by atoms with Gasteiger partial charge in [0.25, 0.3) is 0 Å². The van der Waals surface area contributed by atoms with Crippen LogP contribution in [0.3, 0.4) is 0 Å². The van der Waals surface area contributed by atoms with Gasteiger partial charge in [-0.3, -0.25) is 14.4 Å². The van der Waals surface area contributed by atoms with E-state index in [1.807, 2.05) is 0 Å². The fourth-order valence-corrected chi connectivity index (χ4v) is 6.42. The molecule has 324 valence electrons. The lowest BCUT2D eigenvalue weighted by molar-refractivity contribution is -0.167. The molecule has 0 N–H and O–H groups in total. The van der Waals surface area contributed by atoms with Crippen molar-refractivity contribution in [2.75, 3.05) is 13.2 Å². The van der Waals surface area contributed by atoms with Gasteiger partial charge in [0, 0.05) is 19.3 Å². The van der Waals surface area contributed by atoms with E-state index in [1.54, 1.807) is 0 Å². The minimum Gasteiger partial charge on any atom is -0.462 e. The lowest BCUT2D eigenvalue weighted by Gasteiger charge is -2.18. The SMILES string of the molecule is CCCC/C=C\C=C/CCCCCC(=O)OC(COC(=O)CCC/C=C\CCCCCC)COC(=O)CCCCCCC/C=C\CCCCCCCCCCC. The Hall–Kier alpha value is -2.63. The molecule has 0 aromatic carbocycles. The predicted octanol–water partition coefficient (Wildman–Crippen LogP) is 15.1. The first-order chi connectivity index (χ1) is 27.5. The summed E-state index contributed by atoms with van der Waals surface area (Å²) in [4.78, 5) is 37.7. The molecule has 0 amide bonds. The van der Waals surface area contributed by atoms with Crippen LogP contribution in [0.2, 0.25) is 0 Å². The number of rotatable bonds is 42. The topological polar surface area (TPSA) is 78.9 Å². The minimum atomic E-state index is -0.797. The van der Waals surface area contributed by atoms with Crippen LogP contribution in [0.5, 0.6) is 0 Å². The van der Waals surface area contributed by atoms with Crippen LogP contribution in [0, 0.1) is 0 Å². The molecular weight excluding hydrogens is 697 g/mol. The molecule has 0 aliphatic carbocycles. The van der Waals surface area contributed by atoms with Gasteiger partial charge in [-0.1, -0.05) is 179 Å². The number of hydrogen-bond acceptors (Lipinski definition) is 6. The van der Waals surface area contributed by atoms with Gasteiger partial charge < -0.3 is 14.2 Å². The summed E-state index contributed by atoms with van der Waals surface area (Å²) in [5.74, 6) is -0.971. The second-order valence-corrected chi connectivity index (χ2v) is 15.7. The highest BCUT2D eigenvalue weighted by Gasteiger charge is 2.19. The maximum atomic E-state index is 12.7. The molecule has 0 aromatic rings. The average molecular weight is 785 g/mol. The molecule has 1 atom stereocenters. The first-order valence-corrected chi connectivity index (χ1v) is 23.7. The molecule has 6 nitrogen and oxygen atoms in total. The van der Waals surface area contributed by atoms with Crippen LogP contribution < -0.4 is 0 Å². The maximum absolute atomic E-state index is 12.7. The molecule has 0 aliphatic rings. The summed E-state index contributed by atoms with van der Waals surface area (Å²) in [5.41, 5.74) is 0. The third kappa shape index (κ3) is 42.5. The van der Waals surface area contributed by atoms with Crippen LogP contribution in [0.15, 0.2) is 48.6 Å². The summed E-state index contributed by atoms with van der Waals surface area (Å²) in [5, 5.41) is 0. The molecule has 6 heteroatoms. The first-order valence-electron chi connectivity index (χ1n) is 23.7. The van der Waals surface area contributed by atoms with E-state index in [2.05, 4.69) is 69.4 Å². The number of hydrogen-bond donors (Lipinski definition) is 0. The maximum Gasteiger partial charge on any atom is 0.306 e. The van der Waals surface area contributed by atoms with E-state index in [0.717, 1.165) is 70.6 Å². The van der Waals surface area contributed by atoms with Crippen molar-refractivity contribution in [2.45, 2.75) is 239 Å². The van der Waals surface area contributed by atoms with E-state index < -0.39 is 6.10 Å². The number of allylic oxidation sites excluding steroid dienone is 8. The van der Waals surface area contributed by atoms with Crippen molar-refractivity contribution in [1.29, 1.82) is 0 Å². The standard InChI is InChI=1S/C50H88O6/c1-4-7-10-13-16-19-21-22-23-24-25-26-27-29-31-34-37-40-43-49(52)55-46-47(45-54-48(51)42-39-36-33-30-18-15-12-9-6-3)56-50(53)44-41-38-35-32-28-20-17-14-11-8-5-2/h14,17,20,25-26,28,30,33,47H,4-13,15-16,18-19,21-24,27,29,31-32,34-46H2,1-3H3/b17-14-,26-25-,28-20-,33-30-. The second kappa shape index (κ2) is 45.1. The lowest BCUT2D eigenvalue weighted by Crippen LogP contribution is -2.30. The van der Waals surface area contributed by atoms with Gasteiger partial charge in [-0.15, -0.1) is 0 Å². The largest absolute Gasteiger partial charge is 0.462 e. The number of ether oxygens (including phenoxy) is 3. The van der Waals surface area contributed by atoms with Crippen LogP contribution in [0.1, 0.15) is 233 Å². The molecule has 0 heterocycles. The molecule has 1 unspecified atom stereocenters. The van der Waals surface area contributed by atoms with Gasteiger partial charge >= 0.3 is 17.9 Å². The van der Waals surface area contributed by atoms with Gasteiger partial charge in [0.1, 0.15) is 13.2 Å². The highest BCUT2D eigenvalue weighted by Crippen LogP contribution is 2.13. The highest BCUT2D eigenvalue weighted by molar-refractivity contribution is 5.71. The number of carbonyl (C=O) groups is 3. The van der Waals surface area contributed by atoms with Crippen molar-refractivity contribution in [3.63, 3.8) is 0 Å². The number of carbonyl (C=O) groups excluding carboxylic acids is 3. The molecule has 0 spiro atoms. The highest BCUT2D eigenvalue weighted by atomic mass is 16.6. The first kappa shape index (κ1) is 53.4. The fourth-order valence-electron chi connectivity index (χ4n) is 6.42. The third-order valence-electron chi connectivity index (χ3n) is 10.1. The number of unbranched alkanes of at least 4 members (excludes halogenated alkanes) is 24. The molecule has 56 heavy (non-hydrogen) atoms. The average Bonchev–Trinajstić information content (AvgIpc) is 3.19. The Balaban J connectivity index is 4.35. The Labute approximate surface area is 346 Å². The Bertz CT molecular complexity index is 996. The fraction of sp³-hybridized carbons (Fsp3) is 0.780. The van der Waals surface area contributed by atoms with Gasteiger partial charge in [-0.25, -0.2) is 0 Å². The molecule has 0 bridgehead atoms. The molecule has 0 saturated heterocycles. The third-order valence-corrected chi connectivity index (χ3v) is 10.1. The molecule has 0 saturated carbocycles. The Morgan fingerprint density at radius 3 is 1.16 bits per heavy atom. The van der Waals surface area contributed by atoms with E-state index in [-0.39, 0.29) is 31.1 Å². The summed E-state index contributed by atoms with van der Waals surface area (Å²) in [6, 6.07) is 0. The molecule has 0 aliphatic heterocycles. The van der Waals surface area contributed by atoms with Crippen molar-refractivity contribution in [3.05, 3.63) is 48.6 Å². The Morgan fingerprint density at radius 2 is 0.679 bits per heavy atom. The van der Waals surface area contributed by atoms with E-state index >= 15 is 0 Å². The van der Waals surface area contributed by atoms with Crippen molar-refractivity contribution < 1.29 is 28.6 Å². The van der Waals surface area contributed by atoms with E-state index in [9.17, 15) is 14.4 Å². The molecule has 0 radical (unpaired) electrons. The van der Waals surface area contributed by atoms with Crippen LogP contribution in [0.25, 0.3) is 0 Å². The Kier molecular flexibility index (Phi) is 43.0. The zero-order valence-electron chi connectivity index (χ0n) is 36.9. The molecule has 0 fully saturated rings. The predicted molar refractivity (Wildman–Crippen MR) is 238 cm³/mol. The Morgan fingerprint density at radius 1 is 0.357 bits per heavy atom. The monoisotopic (exact) mass is 785 g/mol. The summed E-state index contributed by atoms with van der Waals surface area (Å²) in [6.45, 7) is 6.49. The van der Waals surface area contributed by atoms with Gasteiger partial charge in [0.15, 0.2) is 6.10 Å². The van der Waals surface area contributed by atoms with Crippen LogP contribution >= 0.6 is 0 Å². The second-order valence-electron chi connectivity index (χ2n) is 15.7. The van der Waals surface area contributed by atoms with Crippen molar-refractivity contribution in [2.24, 2.45) is 0 Å². The molecular formula is C50H88O6. The summed E-state index contributed by atoms with van der Waals surface area (Å²) >= 11 is 0. The van der Waals surface area contributed by atoms with Crippen molar-refractivity contribution >= 4 is 17.9 Å². The van der Waals surface area contributed by atoms with E-state index in [0.29, 0.717) is 25.7 Å². The van der Waals surface area contributed by atoms with E-state index in [4.69, 9.17) is 14.2 Å². The molecule has 0 rings (SSSR count). The van der Waals surface area contributed by atoms with Crippen LogP contribution in [-0.4, -0.2) is 37.2 Å².